The third kappa shape index (κ3) is 4.58. The van der Waals surface area contributed by atoms with Gasteiger partial charge in [0.15, 0.2) is 5.96 Å². The summed E-state index contributed by atoms with van der Waals surface area (Å²) in [6.07, 6.45) is 11.9. The molecule has 3 unspecified atom stereocenters. The van der Waals surface area contributed by atoms with Crippen LogP contribution >= 0.6 is 24.0 Å². The predicted octanol–water partition coefficient (Wildman–Crippen LogP) is 2.98. The standard InChI is InChI=1S/C16H27N3O.HI/c1-2-17-16(18-10-9-12-5-3-4-6-12)19-14-11-13-7-8-15(14)20-13;/h5,13-15H,2-4,6-11H2,1H3,(H2,17,18,19);1H. The summed E-state index contributed by atoms with van der Waals surface area (Å²) in [7, 11) is 0. The van der Waals surface area contributed by atoms with Crippen LogP contribution in [0.25, 0.3) is 0 Å². The molecule has 0 aromatic rings. The van der Waals surface area contributed by atoms with Crippen LogP contribution < -0.4 is 10.6 Å². The average molecular weight is 405 g/mol. The van der Waals surface area contributed by atoms with E-state index in [0.717, 1.165) is 31.9 Å². The Morgan fingerprint density at radius 2 is 2.33 bits per heavy atom. The van der Waals surface area contributed by atoms with E-state index >= 15 is 0 Å². The molecule has 2 fully saturated rings. The number of guanidine groups is 1. The number of aliphatic imine (C=N–C) groups is 1. The molecule has 3 rings (SSSR count). The Labute approximate surface area is 145 Å². The van der Waals surface area contributed by atoms with Gasteiger partial charge in [0.1, 0.15) is 0 Å². The molecule has 1 aliphatic carbocycles. The van der Waals surface area contributed by atoms with E-state index in [0.29, 0.717) is 18.2 Å². The molecule has 120 valence electrons. The first-order chi connectivity index (χ1) is 9.85. The van der Waals surface area contributed by atoms with Gasteiger partial charge in [-0.25, -0.2) is 0 Å². The Morgan fingerprint density at radius 3 is 2.95 bits per heavy atom. The number of rotatable bonds is 5. The molecule has 0 spiro atoms. The highest BCUT2D eigenvalue weighted by Crippen LogP contribution is 2.34. The lowest BCUT2D eigenvalue weighted by Gasteiger charge is -2.22. The van der Waals surface area contributed by atoms with Crippen LogP contribution in [0.5, 0.6) is 0 Å². The molecule has 2 saturated heterocycles. The SMILES string of the molecule is CCNC(=NCCC1=CCCC1)NC1CC2CCC1O2.I. The Balaban J connectivity index is 0.00000161. The Bertz CT molecular complexity index is 397. The minimum Gasteiger partial charge on any atom is -0.373 e. The van der Waals surface area contributed by atoms with Gasteiger partial charge in [0.05, 0.1) is 18.2 Å². The number of nitrogens with one attached hydrogen (secondary N) is 2. The van der Waals surface area contributed by atoms with E-state index in [1.807, 2.05) is 0 Å². The summed E-state index contributed by atoms with van der Waals surface area (Å²) in [6.45, 7) is 3.92. The van der Waals surface area contributed by atoms with Crippen LogP contribution in [0.3, 0.4) is 0 Å². The van der Waals surface area contributed by atoms with Crippen molar-refractivity contribution < 1.29 is 4.74 Å². The lowest BCUT2D eigenvalue weighted by Crippen LogP contribution is -2.47. The van der Waals surface area contributed by atoms with Crippen molar-refractivity contribution in [3.63, 3.8) is 0 Å². The second-order valence-corrected chi connectivity index (χ2v) is 6.13. The third-order valence-corrected chi connectivity index (χ3v) is 4.61. The Hall–Kier alpha value is -0.300. The zero-order chi connectivity index (χ0) is 13.8. The van der Waals surface area contributed by atoms with Crippen molar-refractivity contribution in [1.82, 2.24) is 10.6 Å². The molecule has 0 saturated carbocycles. The highest BCUT2D eigenvalue weighted by molar-refractivity contribution is 14.0. The van der Waals surface area contributed by atoms with Gasteiger partial charge in [-0.2, -0.15) is 0 Å². The summed E-state index contributed by atoms with van der Waals surface area (Å²) < 4.78 is 5.90. The molecule has 21 heavy (non-hydrogen) atoms. The lowest BCUT2D eigenvalue weighted by atomic mass is 9.96. The number of allylic oxidation sites excluding steroid dienone is 1. The van der Waals surface area contributed by atoms with Gasteiger partial charge in [-0.15, -0.1) is 24.0 Å². The molecule has 2 aliphatic heterocycles. The molecule has 0 radical (unpaired) electrons. The molecular weight excluding hydrogens is 377 g/mol. The molecule has 5 heteroatoms. The summed E-state index contributed by atoms with van der Waals surface area (Å²) in [5.74, 6) is 0.965. The van der Waals surface area contributed by atoms with Gasteiger partial charge in [0, 0.05) is 13.1 Å². The summed E-state index contributed by atoms with van der Waals surface area (Å²) in [6, 6.07) is 0.456. The third-order valence-electron chi connectivity index (χ3n) is 4.61. The Morgan fingerprint density at radius 1 is 1.43 bits per heavy atom. The Kier molecular flexibility index (Phi) is 6.79. The normalized spacial score (nSPS) is 31.0. The van der Waals surface area contributed by atoms with E-state index in [1.165, 1.54) is 32.1 Å². The summed E-state index contributed by atoms with van der Waals surface area (Å²) in [5.41, 5.74) is 1.59. The van der Waals surface area contributed by atoms with E-state index < -0.39 is 0 Å². The second kappa shape index (κ2) is 8.36. The number of hydrogen-bond acceptors (Lipinski definition) is 2. The molecule has 2 bridgehead atoms. The number of nitrogens with zero attached hydrogens (tertiary/aromatic N) is 1. The van der Waals surface area contributed by atoms with Crippen LogP contribution in [0.15, 0.2) is 16.6 Å². The first-order valence-corrected chi connectivity index (χ1v) is 8.23. The quantitative estimate of drug-likeness (QED) is 0.320. The van der Waals surface area contributed by atoms with E-state index in [4.69, 9.17) is 9.73 Å². The summed E-state index contributed by atoms with van der Waals surface area (Å²) in [5, 5.41) is 6.93. The summed E-state index contributed by atoms with van der Waals surface area (Å²) >= 11 is 0. The van der Waals surface area contributed by atoms with Gasteiger partial charge >= 0.3 is 0 Å². The van der Waals surface area contributed by atoms with Crippen molar-refractivity contribution in [2.45, 2.75) is 70.1 Å². The zero-order valence-corrected chi connectivity index (χ0v) is 15.3. The molecule has 2 heterocycles. The van der Waals surface area contributed by atoms with Crippen molar-refractivity contribution >= 4 is 29.9 Å². The van der Waals surface area contributed by atoms with Crippen LogP contribution in [0.2, 0.25) is 0 Å². The highest BCUT2D eigenvalue weighted by Gasteiger charge is 2.41. The second-order valence-electron chi connectivity index (χ2n) is 6.13. The predicted molar refractivity (Wildman–Crippen MR) is 97.4 cm³/mol. The van der Waals surface area contributed by atoms with Gasteiger partial charge in [-0.1, -0.05) is 11.6 Å². The molecule has 3 atom stereocenters. The largest absolute Gasteiger partial charge is 0.373 e. The number of halogens is 1. The molecule has 0 aromatic carbocycles. The maximum absolute atomic E-state index is 5.90. The maximum Gasteiger partial charge on any atom is 0.191 e. The average Bonchev–Trinajstić information content (AvgIpc) is 3.16. The van der Waals surface area contributed by atoms with Gasteiger partial charge in [0.25, 0.3) is 0 Å². The van der Waals surface area contributed by atoms with Crippen LogP contribution in [-0.2, 0) is 4.74 Å². The first-order valence-electron chi connectivity index (χ1n) is 8.23. The fourth-order valence-electron chi connectivity index (χ4n) is 3.56. The first kappa shape index (κ1) is 17.1. The molecule has 4 nitrogen and oxygen atoms in total. The molecule has 2 N–H and O–H groups in total. The summed E-state index contributed by atoms with van der Waals surface area (Å²) in [4.78, 5) is 4.72. The van der Waals surface area contributed by atoms with Crippen molar-refractivity contribution in [3.05, 3.63) is 11.6 Å². The van der Waals surface area contributed by atoms with Crippen molar-refractivity contribution in [2.75, 3.05) is 13.1 Å². The number of hydrogen-bond donors (Lipinski definition) is 2. The topological polar surface area (TPSA) is 45.7 Å². The molecular formula is C16H28IN3O. The fourth-order valence-corrected chi connectivity index (χ4v) is 3.56. The smallest absolute Gasteiger partial charge is 0.191 e. The molecule has 3 aliphatic rings. The van der Waals surface area contributed by atoms with Crippen LogP contribution in [0.4, 0.5) is 0 Å². The molecule has 0 aromatic heterocycles. The number of ether oxygens (including phenoxy) is 1. The van der Waals surface area contributed by atoms with E-state index in [2.05, 4.69) is 23.6 Å². The van der Waals surface area contributed by atoms with Gasteiger partial charge in [0.2, 0.25) is 0 Å². The van der Waals surface area contributed by atoms with Crippen LogP contribution in [-0.4, -0.2) is 37.3 Å². The van der Waals surface area contributed by atoms with Crippen LogP contribution in [0.1, 0.15) is 51.9 Å². The highest BCUT2D eigenvalue weighted by atomic mass is 127. The van der Waals surface area contributed by atoms with E-state index in [9.17, 15) is 0 Å². The van der Waals surface area contributed by atoms with Crippen molar-refractivity contribution in [3.8, 4) is 0 Å². The minimum absolute atomic E-state index is 0. The van der Waals surface area contributed by atoms with Gasteiger partial charge in [-0.05, 0) is 51.9 Å². The van der Waals surface area contributed by atoms with E-state index in [-0.39, 0.29) is 24.0 Å². The van der Waals surface area contributed by atoms with Crippen LogP contribution in [0, 0.1) is 0 Å². The van der Waals surface area contributed by atoms with Crippen molar-refractivity contribution in [1.29, 1.82) is 0 Å². The monoisotopic (exact) mass is 405 g/mol. The molecule has 0 amide bonds. The lowest BCUT2D eigenvalue weighted by molar-refractivity contribution is 0.0992. The van der Waals surface area contributed by atoms with Gasteiger partial charge < -0.3 is 15.4 Å². The minimum atomic E-state index is 0. The fraction of sp³-hybridized carbons (Fsp3) is 0.812. The zero-order valence-electron chi connectivity index (χ0n) is 12.9. The van der Waals surface area contributed by atoms with Crippen molar-refractivity contribution in [2.24, 2.45) is 4.99 Å². The van der Waals surface area contributed by atoms with E-state index in [1.54, 1.807) is 5.57 Å². The maximum atomic E-state index is 5.90. The number of fused-ring (bicyclic) bond motifs is 2. The van der Waals surface area contributed by atoms with Gasteiger partial charge in [-0.3, -0.25) is 4.99 Å².